The topological polar surface area (TPSA) is 58.6 Å². The number of amides is 3. The number of carbonyl (C=O) groups excluding carboxylic acids is 2. The molecule has 0 aromatic heterocycles. The zero-order valence-corrected chi connectivity index (χ0v) is 11.6. The summed E-state index contributed by atoms with van der Waals surface area (Å²) in [7, 11) is 1.50. The van der Waals surface area contributed by atoms with Crippen LogP contribution in [0.25, 0.3) is 6.08 Å². The van der Waals surface area contributed by atoms with Crippen LogP contribution in [0.3, 0.4) is 0 Å². The summed E-state index contributed by atoms with van der Waals surface area (Å²) in [5.74, 6) is -0.262. The summed E-state index contributed by atoms with van der Waals surface area (Å²) in [6.07, 6.45) is 3.68. The van der Waals surface area contributed by atoms with Crippen LogP contribution in [-0.2, 0) is 9.53 Å². The third-order valence-electron chi connectivity index (χ3n) is 3.18. The largest absolute Gasteiger partial charge is 0.382 e. The Hall–Kier alpha value is -2.14. The highest BCUT2D eigenvalue weighted by atomic mass is 16.5. The molecular formula is C15H18N2O3. The monoisotopic (exact) mass is 274 g/mol. The smallest absolute Gasteiger partial charge is 0.325 e. The molecule has 0 unspecified atom stereocenters. The van der Waals surface area contributed by atoms with Gasteiger partial charge in [0.15, 0.2) is 0 Å². The second-order valence-electron chi connectivity index (χ2n) is 4.92. The minimum absolute atomic E-state index is 0.163. The maximum atomic E-state index is 12.2. The first-order chi connectivity index (χ1) is 9.57. The van der Waals surface area contributed by atoms with Gasteiger partial charge in [-0.3, -0.25) is 9.69 Å². The molecule has 0 spiro atoms. The van der Waals surface area contributed by atoms with Gasteiger partial charge in [0, 0.05) is 13.7 Å². The molecule has 1 heterocycles. The minimum atomic E-state index is -0.966. The molecule has 1 fully saturated rings. The lowest BCUT2D eigenvalue weighted by molar-refractivity contribution is -0.132. The fourth-order valence-corrected chi connectivity index (χ4v) is 2.16. The molecule has 2 rings (SSSR count). The van der Waals surface area contributed by atoms with Crippen molar-refractivity contribution in [1.29, 1.82) is 0 Å². The van der Waals surface area contributed by atoms with E-state index >= 15 is 0 Å². The van der Waals surface area contributed by atoms with Crippen LogP contribution in [0.4, 0.5) is 4.79 Å². The van der Waals surface area contributed by atoms with Gasteiger partial charge in [0.05, 0.1) is 6.61 Å². The van der Waals surface area contributed by atoms with Gasteiger partial charge in [0.1, 0.15) is 5.54 Å². The molecule has 0 radical (unpaired) electrons. The van der Waals surface area contributed by atoms with Crippen LogP contribution >= 0.6 is 0 Å². The second-order valence-corrected chi connectivity index (χ2v) is 4.92. The lowest BCUT2D eigenvalue weighted by Gasteiger charge is -2.19. The zero-order chi connectivity index (χ0) is 14.6. The van der Waals surface area contributed by atoms with E-state index in [1.165, 1.54) is 12.0 Å². The van der Waals surface area contributed by atoms with E-state index in [1.807, 2.05) is 36.4 Å². The van der Waals surface area contributed by atoms with Crippen molar-refractivity contribution in [3.63, 3.8) is 0 Å². The Balaban J connectivity index is 2.02. The highest BCUT2D eigenvalue weighted by molar-refractivity contribution is 6.07. The molecule has 20 heavy (non-hydrogen) atoms. The van der Waals surface area contributed by atoms with E-state index in [2.05, 4.69) is 5.32 Å². The van der Waals surface area contributed by atoms with Gasteiger partial charge in [-0.15, -0.1) is 0 Å². The number of methoxy groups -OCH3 is 1. The lowest BCUT2D eigenvalue weighted by atomic mass is 10.0. The first-order valence-corrected chi connectivity index (χ1v) is 6.41. The van der Waals surface area contributed by atoms with Gasteiger partial charge in [-0.1, -0.05) is 42.5 Å². The Kier molecular flexibility index (Phi) is 4.20. The summed E-state index contributed by atoms with van der Waals surface area (Å²) in [4.78, 5) is 25.2. The summed E-state index contributed by atoms with van der Waals surface area (Å²) in [5.41, 5.74) is 0.0612. The zero-order valence-electron chi connectivity index (χ0n) is 11.6. The number of nitrogens with one attached hydrogen (secondary N) is 1. The molecule has 1 N–H and O–H groups in total. The van der Waals surface area contributed by atoms with Crippen LogP contribution < -0.4 is 5.32 Å². The highest BCUT2D eigenvalue weighted by Gasteiger charge is 2.47. The molecule has 0 saturated carbocycles. The molecule has 1 aromatic rings. The second kappa shape index (κ2) is 5.88. The molecule has 5 heteroatoms. The van der Waals surface area contributed by atoms with E-state index < -0.39 is 5.54 Å². The maximum Gasteiger partial charge on any atom is 0.325 e. The van der Waals surface area contributed by atoms with Gasteiger partial charge in [-0.25, -0.2) is 4.79 Å². The predicted octanol–water partition coefficient (Wildman–Crippen LogP) is 1.66. The van der Waals surface area contributed by atoms with Gasteiger partial charge in [0.25, 0.3) is 5.91 Å². The first kappa shape index (κ1) is 14.3. The number of hydrogen-bond donors (Lipinski definition) is 1. The number of rotatable bonds is 5. The molecular weight excluding hydrogens is 256 g/mol. The van der Waals surface area contributed by atoms with E-state index in [1.54, 1.807) is 13.0 Å². The molecule has 1 saturated heterocycles. The van der Waals surface area contributed by atoms with Crippen LogP contribution in [0.15, 0.2) is 36.4 Å². The lowest BCUT2D eigenvalue weighted by Crippen LogP contribution is -2.47. The fourth-order valence-electron chi connectivity index (χ4n) is 2.16. The maximum absolute atomic E-state index is 12.2. The Bertz CT molecular complexity index is 527. The molecule has 106 valence electrons. The summed E-state index contributed by atoms with van der Waals surface area (Å²) in [5, 5.41) is 2.66. The Morgan fingerprint density at radius 3 is 2.65 bits per heavy atom. The molecule has 1 aromatic carbocycles. The number of imide groups is 1. The van der Waals surface area contributed by atoms with Crippen LogP contribution in [0, 0.1) is 0 Å². The minimum Gasteiger partial charge on any atom is -0.382 e. The van der Waals surface area contributed by atoms with Gasteiger partial charge in [-0.2, -0.15) is 0 Å². The molecule has 0 bridgehead atoms. The highest BCUT2D eigenvalue weighted by Crippen LogP contribution is 2.17. The Morgan fingerprint density at radius 2 is 2.00 bits per heavy atom. The van der Waals surface area contributed by atoms with E-state index in [0.29, 0.717) is 0 Å². The van der Waals surface area contributed by atoms with Crippen molar-refractivity contribution in [1.82, 2.24) is 10.2 Å². The number of hydrogen-bond acceptors (Lipinski definition) is 3. The van der Waals surface area contributed by atoms with Crippen LogP contribution in [-0.4, -0.2) is 42.6 Å². The molecule has 1 atom stereocenters. The van der Waals surface area contributed by atoms with Gasteiger partial charge < -0.3 is 10.1 Å². The Labute approximate surface area is 118 Å². The molecule has 1 aliphatic rings. The van der Waals surface area contributed by atoms with Crippen molar-refractivity contribution in [3.8, 4) is 0 Å². The number of urea groups is 1. The van der Waals surface area contributed by atoms with E-state index in [0.717, 1.165) is 5.56 Å². The Morgan fingerprint density at radius 1 is 1.30 bits per heavy atom. The molecule has 3 amide bonds. The van der Waals surface area contributed by atoms with Gasteiger partial charge in [-0.05, 0) is 12.5 Å². The summed E-state index contributed by atoms with van der Waals surface area (Å²) in [6, 6.07) is 9.33. The fraction of sp³-hybridized carbons (Fsp3) is 0.333. The summed E-state index contributed by atoms with van der Waals surface area (Å²) in [6.45, 7) is 2.08. The third-order valence-corrected chi connectivity index (χ3v) is 3.18. The van der Waals surface area contributed by atoms with E-state index in [9.17, 15) is 9.59 Å². The summed E-state index contributed by atoms with van der Waals surface area (Å²) < 4.78 is 4.99. The normalized spacial score (nSPS) is 22.6. The van der Waals surface area contributed by atoms with E-state index in [4.69, 9.17) is 4.74 Å². The first-order valence-electron chi connectivity index (χ1n) is 6.41. The quantitative estimate of drug-likeness (QED) is 0.831. The van der Waals surface area contributed by atoms with Crippen molar-refractivity contribution in [2.45, 2.75) is 12.5 Å². The number of benzene rings is 1. The van der Waals surface area contributed by atoms with Gasteiger partial charge >= 0.3 is 6.03 Å². The van der Waals surface area contributed by atoms with E-state index in [-0.39, 0.29) is 25.1 Å². The van der Waals surface area contributed by atoms with Crippen molar-refractivity contribution in [2.24, 2.45) is 0 Å². The van der Waals surface area contributed by atoms with Gasteiger partial charge in [0.2, 0.25) is 0 Å². The van der Waals surface area contributed by atoms with Crippen molar-refractivity contribution in [2.75, 3.05) is 20.3 Å². The molecule has 0 aliphatic carbocycles. The van der Waals surface area contributed by atoms with Crippen molar-refractivity contribution >= 4 is 18.0 Å². The van der Waals surface area contributed by atoms with Crippen molar-refractivity contribution < 1.29 is 14.3 Å². The average Bonchev–Trinajstić information content (AvgIpc) is 2.63. The van der Waals surface area contributed by atoms with Crippen LogP contribution in [0.2, 0.25) is 0 Å². The number of nitrogens with zero attached hydrogens (tertiary/aromatic N) is 1. The predicted molar refractivity (Wildman–Crippen MR) is 76.0 cm³/mol. The van der Waals surface area contributed by atoms with Crippen LogP contribution in [0.1, 0.15) is 12.5 Å². The van der Waals surface area contributed by atoms with Crippen molar-refractivity contribution in [3.05, 3.63) is 42.0 Å². The molecule has 1 aliphatic heterocycles. The molecule has 5 nitrogen and oxygen atoms in total. The number of carbonyl (C=O) groups is 2. The summed E-state index contributed by atoms with van der Waals surface area (Å²) >= 11 is 0. The van der Waals surface area contributed by atoms with Crippen LogP contribution in [0.5, 0.6) is 0 Å². The average molecular weight is 274 g/mol. The number of ether oxygens (including phenoxy) is 1. The SMILES string of the molecule is COC[C@]1(C)NC(=O)N(C/C=C/c2ccccc2)C1=O. The third kappa shape index (κ3) is 2.88. The standard InChI is InChI=1S/C15H18N2O3/c1-15(11-20-2)13(18)17(14(19)16-15)10-6-9-12-7-4-3-5-8-12/h3-9H,10-11H2,1-2H3,(H,16,19)/b9-6+/t15-/m0/s1.